The minimum Gasteiger partial charge on any atom is -0.129 e. The van der Waals surface area contributed by atoms with Crippen molar-refractivity contribution in [2.24, 2.45) is 5.11 Å². The molecule has 0 saturated heterocycles. The molecule has 1 aliphatic rings. The van der Waals surface area contributed by atoms with Gasteiger partial charge in [-0.3, -0.25) is 0 Å². The molecule has 2 nitrogen and oxygen atoms in total. The monoisotopic (exact) mass is 207 g/mol. The summed E-state index contributed by atoms with van der Waals surface area (Å²) in [6.07, 6.45) is 3.28. The second-order valence-electron chi connectivity index (χ2n) is 3.45. The highest BCUT2D eigenvalue weighted by atomic mass is 32.2. The molecule has 0 unspecified atom stereocenters. The molecule has 0 radical (unpaired) electrons. The Morgan fingerprint density at radius 1 is 1.50 bits per heavy atom. The van der Waals surface area contributed by atoms with Gasteiger partial charge in [-0.2, -0.15) is 0 Å². The Morgan fingerprint density at radius 3 is 3.07 bits per heavy atom. The molecule has 0 fully saturated rings. The second-order valence-corrected chi connectivity index (χ2v) is 4.29. The molecule has 0 bridgehead atoms. The van der Waals surface area contributed by atoms with Gasteiger partial charge in [0.25, 0.3) is 0 Å². The van der Waals surface area contributed by atoms with E-state index in [9.17, 15) is 0 Å². The van der Waals surface area contributed by atoms with Gasteiger partial charge in [-0.15, -0.1) is 16.5 Å². The van der Waals surface area contributed by atoms with E-state index in [1.54, 1.807) is 0 Å². The fourth-order valence-corrected chi connectivity index (χ4v) is 2.39. The molecule has 14 heavy (non-hydrogen) atoms. The molecule has 1 aromatic rings. The molecule has 0 aliphatic carbocycles. The van der Waals surface area contributed by atoms with Gasteiger partial charge in [-0.05, 0) is 23.5 Å². The maximum atomic E-state index is 4.57. The lowest BCUT2D eigenvalue weighted by atomic mass is 10.2. The van der Waals surface area contributed by atoms with Crippen LogP contribution in [-0.4, -0.2) is 17.5 Å². The van der Waals surface area contributed by atoms with Gasteiger partial charge in [0.15, 0.2) is 13.1 Å². The van der Waals surface area contributed by atoms with E-state index in [2.05, 4.69) is 41.2 Å². The third kappa shape index (κ3) is 1.69. The SMILES string of the molecule is CCC[N+]1=Nc2cccc(SC)c2C1. The van der Waals surface area contributed by atoms with E-state index in [4.69, 9.17) is 0 Å². The number of fused-ring (bicyclic) bond motifs is 1. The van der Waals surface area contributed by atoms with Crippen LogP contribution in [0.2, 0.25) is 0 Å². The van der Waals surface area contributed by atoms with Crippen molar-refractivity contribution in [1.29, 1.82) is 0 Å². The van der Waals surface area contributed by atoms with Gasteiger partial charge in [0.05, 0.1) is 5.56 Å². The van der Waals surface area contributed by atoms with E-state index in [1.807, 2.05) is 11.8 Å². The Bertz CT molecular complexity index is 372. The summed E-state index contributed by atoms with van der Waals surface area (Å²) in [5.74, 6) is 0. The number of thioether (sulfide) groups is 1. The normalized spacial score (nSPS) is 14.0. The van der Waals surface area contributed by atoms with E-state index in [0.29, 0.717) is 0 Å². The maximum absolute atomic E-state index is 4.57. The number of nitrogens with zero attached hydrogens (tertiary/aromatic N) is 2. The van der Waals surface area contributed by atoms with Crippen LogP contribution in [-0.2, 0) is 6.54 Å². The van der Waals surface area contributed by atoms with Crippen LogP contribution in [0.5, 0.6) is 0 Å². The summed E-state index contributed by atoms with van der Waals surface area (Å²) in [5.41, 5.74) is 2.55. The number of benzene rings is 1. The summed E-state index contributed by atoms with van der Waals surface area (Å²) in [6.45, 7) is 4.23. The number of azo groups is 2. The van der Waals surface area contributed by atoms with Crippen LogP contribution < -0.4 is 0 Å². The molecule has 0 atom stereocenters. The van der Waals surface area contributed by atoms with Crippen LogP contribution in [0.3, 0.4) is 0 Å². The molecule has 74 valence electrons. The van der Waals surface area contributed by atoms with Crippen molar-refractivity contribution in [2.75, 3.05) is 12.8 Å². The van der Waals surface area contributed by atoms with E-state index in [0.717, 1.165) is 25.2 Å². The van der Waals surface area contributed by atoms with Crippen molar-refractivity contribution >= 4 is 17.4 Å². The van der Waals surface area contributed by atoms with Crippen molar-refractivity contribution in [3.63, 3.8) is 0 Å². The van der Waals surface area contributed by atoms with Gasteiger partial charge >= 0.3 is 0 Å². The van der Waals surface area contributed by atoms with E-state index in [-0.39, 0.29) is 0 Å². The Labute approximate surface area is 89.0 Å². The molecule has 0 saturated carbocycles. The zero-order valence-corrected chi connectivity index (χ0v) is 9.47. The summed E-state index contributed by atoms with van der Waals surface area (Å²) in [4.78, 5) is 1.37. The largest absolute Gasteiger partial charge is 0.197 e. The minimum absolute atomic E-state index is 0.986. The Kier molecular flexibility index (Phi) is 2.87. The quantitative estimate of drug-likeness (QED) is 0.547. The predicted molar refractivity (Wildman–Crippen MR) is 59.4 cm³/mol. The van der Waals surface area contributed by atoms with Gasteiger partial charge in [-0.1, -0.05) is 13.0 Å². The summed E-state index contributed by atoms with van der Waals surface area (Å²) >= 11 is 1.81. The molecule has 0 spiro atoms. The van der Waals surface area contributed by atoms with Crippen LogP contribution in [0, 0.1) is 0 Å². The molecule has 0 amide bonds. The van der Waals surface area contributed by atoms with Gasteiger partial charge in [0.1, 0.15) is 5.69 Å². The first-order valence-electron chi connectivity index (χ1n) is 4.97. The highest BCUT2D eigenvalue weighted by molar-refractivity contribution is 7.98. The van der Waals surface area contributed by atoms with Crippen molar-refractivity contribution in [3.05, 3.63) is 23.8 Å². The predicted octanol–water partition coefficient (Wildman–Crippen LogP) is 3.43. The first kappa shape index (κ1) is 9.71. The zero-order valence-electron chi connectivity index (χ0n) is 8.66. The molecule has 1 heterocycles. The van der Waals surface area contributed by atoms with Gasteiger partial charge in [-0.25, -0.2) is 0 Å². The summed E-state index contributed by atoms with van der Waals surface area (Å²) in [5, 5.41) is 4.57. The molecule has 1 aromatic carbocycles. The molecule has 2 rings (SSSR count). The minimum atomic E-state index is 0.986. The van der Waals surface area contributed by atoms with Crippen LogP contribution in [0.25, 0.3) is 0 Å². The third-order valence-corrected chi connectivity index (χ3v) is 3.22. The highest BCUT2D eigenvalue weighted by Gasteiger charge is 2.22. The molecule has 0 aromatic heterocycles. The zero-order chi connectivity index (χ0) is 9.97. The Balaban J connectivity index is 2.29. The molecule has 1 aliphatic heterocycles. The standard InChI is InChI=1S/C11H15N2S/c1-3-7-13-8-9-10(12-13)5-4-6-11(9)14-2/h4-6H,3,7-8H2,1-2H3/q+1. The molecular formula is C11H15N2S+. The number of hydrogen-bond donors (Lipinski definition) is 0. The Hall–Kier alpha value is -0.830. The third-order valence-electron chi connectivity index (χ3n) is 2.40. The van der Waals surface area contributed by atoms with Gasteiger partial charge < -0.3 is 0 Å². The molecule has 3 heteroatoms. The fraction of sp³-hybridized carbons (Fsp3) is 0.455. The first-order valence-corrected chi connectivity index (χ1v) is 6.20. The smallest absolute Gasteiger partial charge is 0.129 e. The van der Waals surface area contributed by atoms with Gasteiger partial charge in [0, 0.05) is 11.3 Å². The van der Waals surface area contributed by atoms with Crippen LogP contribution in [0.15, 0.2) is 28.2 Å². The number of hydrogen-bond acceptors (Lipinski definition) is 2. The molecule has 0 N–H and O–H groups in total. The van der Waals surface area contributed by atoms with Crippen molar-refractivity contribution in [2.45, 2.75) is 24.8 Å². The lowest BCUT2D eigenvalue weighted by molar-refractivity contribution is -0.598. The lowest BCUT2D eigenvalue weighted by Gasteiger charge is -1.99. The van der Waals surface area contributed by atoms with Crippen LogP contribution >= 0.6 is 11.8 Å². The maximum Gasteiger partial charge on any atom is 0.197 e. The van der Waals surface area contributed by atoms with Crippen molar-refractivity contribution in [3.8, 4) is 0 Å². The summed E-state index contributed by atoms with van der Waals surface area (Å²) < 4.78 is 2.16. The van der Waals surface area contributed by atoms with Crippen LogP contribution in [0.4, 0.5) is 5.69 Å². The van der Waals surface area contributed by atoms with Crippen molar-refractivity contribution in [1.82, 2.24) is 0 Å². The molecular weight excluding hydrogens is 192 g/mol. The van der Waals surface area contributed by atoms with E-state index < -0.39 is 0 Å². The summed E-state index contributed by atoms with van der Waals surface area (Å²) in [7, 11) is 0. The van der Waals surface area contributed by atoms with E-state index in [1.165, 1.54) is 10.5 Å². The van der Waals surface area contributed by atoms with Gasteiger partial charge in [0.2, 0.25) is 0 Å². The van der Waals surface area contributed by atoms with E-state index >= 15 is 0 Å². The average Bonchev–Trinajstić information content (AvgIpc) is 2.60. The van der Waals surface area contributed by atoms with Crippen LogP contribution in [0.1, 0.15) is 18.9 Å². The topological polar surface area (TPSA) is 15.4 Å². The fourth-order valence-electron chi connectivity index (χ4n) is 1.76. The average molecular weight is 207 g/mol. The Morgan fingerprint density at radius 2 is 2.36 bits per heavy atom. The summed E-state index contributed by atoms with van der Waals surface area (Å²) in [6, 6.07) is 6.36. The second kappa shape index (κ2) is 4.13. The number of rotatable bonds is 3. The lowest BCUT2D eigenvalue weighted by Crippen LogP contribution is -2.05. The highest BCUT2D eigenvalue weighted by Crippen LogP contribution is 2.33. The first-order chi connectivity index (χ1) is 6.85. The van der Waals surface area contributed by atoms with Crippen molar-refractivity contribution < 1.29 is 4.70 Å².